The van der Waals surface area contributed by atoms with Gasteiger partial charge in [0.05, 0.1) is 4.87 Å². The summed E-state index contributed by atoms with van der Waals surface area (Å²) in [5.74, 6) is 2.27. The van der Waals surface area contributed by atoms with E-state index in [1.165, 1.54) is 31.4 Å². The molecule has 0 aromatic rings. The van der Waals surface area contributed by atoms with Crippen LogP contribution in [0.3, 0.4) is 0 Å². The Hall–Kier alpha value is 0.310. The first kappa shape index (κ1) is 9.85. The Morgan fingerprint density at radius 2 is 2.00 bits per heavy atom. The normalized spacial score (nSPS) is 39.0. The second kappa shape index (κ2) is 3.16. The van der Waals surface area contributed by atoms with E-state index >= 15 is 0 Å². The third-order valence-corrected chi connectivity index (χ3v) is 5.03. The molecular weight excluding hydrogens is 178 g/mol. The molecule has 0 bridgehead atoms. The number of hydrogen-bond acceptors (Lipinski definition) is 2. The Bertz CT molecular complexity index is 198. The molecule has 1 heterocycles. The fourth-order valence-electron chi connectivity index (χ4n) is 2.49. The highest BCUT2D eigenvalue weighted by Gasteiger charge is 2.41. The van der Waals surface area contributed by atoms with Crippen molar-refractivity contribution < 1.29 is 0 Å². The standard InChI is InChI=1S/C11H21NS/c1-10(2)8-13-11(3,12-10)7-9-5-4-6-9/h9,12H,4-8H2,1-3H3. The average Bonchev–Trinajstić information content (AvgIpc) is 2.19. The smallest absolute Gasteiger partial charge is 0.0624 e. The lowest BCUT2D eigenvalue weighted by molar-refractivity contribution is 0.239. The first-order valence-electron chi connectivity index (χ1n) is 5.42. The highest BCUT2D eigenvalue weighted by molar-refractivity contribution is 8.00. The van der Waals surface area contributed by atoms with Gasteiger partial charge in [-0.3, -0.25) is 5.32 Å². The minimum Gasteiger partial charge on any atom is -0.297 e. The highest BCUT2D eigenvalue weighted by Crippen LogP contribution is 2.43. The van der Waals surface area contributed by atoms with Crippen LogP contribution >= 0.6 is 11.8 Å². The van der Waals surface area contributed by atoms with Crippen molar-refractivity contribution >= 4 is 11.8 Å². The highest BCUT2D eigenvalue weighted by atomic mass is 32.2. The van der Waals surface area contributed by atoms with Crippen molar-refractivity contribution in [2.75, 3.05) is 5.75 Å². The molecule has 1 aliphatic heterocycles. The zero-order valence-electron chi connectivity index (χ0n) is 9.02. The number of rotatable bonds is 2. The Labute approximate surface area is 86.0 Å². The van der Waals surface area contributed by atoms with Gasteiger partial charge in [-0.15, -0.1) is 11.8 Å². The van der Waals surface area contributed by atoms with Crippen molar-refractivity contribution in [1.82, 2.24) is 5.32 Å². The summed E-state index contributed by atoms with van der Waals surface area (Å²) in [4.78, 5) is 0.370. The van der Waals surface area contributed by atoms with Crippen molar-refractivity contribution in [3.05, 3.63) is 0 Å². The van der Waals surface area contributed by atoms with Gasteiger partial charge < -0.3 is 0 Å². The lowest BCUT2D eigenvalue weighted by Crippen LogP contribution is -2.46. The first-order valence-corrected chi connectivity index (χ1v) is 6.41. The zero-order chi connectivity index (χ0) is 9.53. The van der Waals surface area contributed by atoms with E-state index in [9.17, 15) is 0 Å². The van der Waals surface area contributed by atoms with Gasteiger partial charge in [0.25, 0.3) is 0 Å². The van der Waals surface area contributed by atoms with E-state index in [0.29, 0.717) is 10.4 Å². The SMILES string of the molecule is CC1(C)CSC(C)(CC2CCC2)N1. The largest absolute Gasteiger partial charge is 0.297 e. The number of nitrogens with one attached hydrogen (secondary N) is 1. The van der Waals surface area contributed by atoms with Gasteiger partial charge in [0.2, 0.25) is 0 Å². The first-order chi connectivity index (χ1) is 5.99. The van der Waals surface area contributed by atoms with Crippen LogP contribution in [0.15, 0.2) is 0 Å². The summed E-state index contributed by atoms with van der Waals surface area (Å²) in [5, 5.41) is 3.77. The molecule has 1 saturated carbocycles. The number of hydrogen-bond donors (Lipinski definition) is 1. The monoisotopic (exact) mass is 199 g/mol. The molecule has 76 valence electrons. The van der Waals surface area contributed by atoms with Crippen molar-refractivity contribution in [2.24, 2.45) is 5.92 Å². The van der Waals surface area contributed by atoms with Gasteiger partial charge in [0.1, 0.15) is 0 Å². The van der Waals surface area contributed by atoms with E-state index in [4.69, 9.17) is 0 Å². The molecule has 0 amide bonds. The molecule has 1 N–H and O–H groups in total. The molecule has 2 aliphatic rings. The summed E-state index contributed by atoms with van der Waals surface area (Å²) >= 11 is 2.12. The molecule has 13 heavy (non-hydrogen) atoms. The van der Waals surface area contributed by atoms with Crippen LogP contribution in [0.4, 0.5) is 0 Å². The molecule has 1 nitrogen and oxygen atoms in total. The molecule has 2 rings (SSSR count). The van der Waals surface area contributed by atoms with E-state index in [0.717, 1.165) is 5.92 Å². The summed E-state index contributed by atoms with van der Waals surface area (Å²) in [6, 6.07) is 0. The molecule has 2 heteroatoms. The van der Waals surface area contributed by atoms with Gasteiger partial charge in [-0.1, -0.05) is 19.3 Å². The maximum Gasteiger partial charge on any atom is 0.0624 e. The van der Waals surface area contributed by atoms with E-state index < -0.39 is 0 Å². The molecule has 0 spiro atoms. The predicted octanol–water partition coefficient (Wildman–Crippen LogP) is 3.01. The summed E-state index contributed by atoms with van der Waals surface area (Å²) in [6.07, 6.45) is 5.78. The Kier molecular flexibility index (Phi) is 2.40. The fourth-order valence-corrected chi connectivity index (χ4v) is 3.94. The topological polar surface area (TPSA) is 12.0 Å². The minimum absolute atomic E-state index is 0.350. The van der Waals surface area contributed by atoms with Crippen molar-refractivity contribution in [3.8, 4) is 0 Å². The molecular formula is C11H21NS. The van der Waals surface area contributed by atoms with Crippen molar-refractivity contribution in [3.63, 3.8) is 0 Å². The zero-order valence-corrected chi connectivity index (χ0v) is 9.84. The number of thioether (sulfide) groups is 1. The van der Waals surface area contributed by atoms with Crippen LogP contribution in [-0.2, 0) is 0 Å². The van der Waals surface area contributed by atoms with Crippen LogP contribution in [0.25, 0.3) is 0 Å². The van der Waals surface area contributed by atoms with Crippen LogP contribution in [0.1, 0.15) is 46.5 Å². The summed E-state index contributed by atoms with van der Waals surface area (Å²) in [6.45, 7) is 7.00. The van der Waals surface area contributed by atoms with Gasteiger partial charge in [-0.2, -0.15) is 0 Å². The lowest BCUT2D eigenvalue weighted by atomic mass is 9.80. The minimum atomic E-state index is 0.350. The summed E-state index contributed by atoms with van der Waals surface area (Å²) in [7, 11) is 0. The van der Waals surface area contributed by atoms with Crippen molar-refractivity contribution in [2.45, 2.75) is 56.9 Å². The van der Waals surface area contributed by atoms with Gasteiger partial charge >= 0.3 is 0 Å². The summed E-state index contributed by atoms with van der Waals surface area (Å²) < 4.78 is 0. The Morgan fingerprint density at radius 3 is 2.38 bits per heavy atom. The second-order valence-corrected chi connectivity index (χ2v) is 7.01. The molecule has 2 fully saturated rings. The van der Waals surface area contributed by atoms with Crippen LogP contribution in [0.5, 0.6) is 0 Å². The van der Waals surface area contributed by atoms with Crippen LogP contribution in [-0.4, -0.2) is 16.2 Å². The predicted molar refractivity (Wildman–Crippen MR) is 60.0 cm³/mol. The maximum absolute atomic E-state index is 3.77. The molecule has 1 unspecified atom stereocenters. The van der Waals surface area contributed by atoms with E-state index in [1.807, 2.05) is 0 Å². The van der Waals surface area contributed by atoms with Gasteiger partial charge in [-0.05, 0) is 33.1 Å². The molecule has 1 saturated heterocycles. The lowest BCUT2D eigenvalue weighted by Gasteiger charge is -2.35. The Morgan fingerprint density at radius 1 is 1.31 bits per heavy atom. The van der Waals surface area contributed by atoms with E-state index in [1.54, 1.807) is 0 Å². The van der Waals surface area contributed by atoms with E-state index in [2.05, 4.69) is 37.8 Å². The third-order valence-electron chi connectivity index (χ3n) is 3.26. The van der Waals surface area contributed by atoms with Crippen molar-refractivity contribution in [1.29, 1.82) is 0 Å². The van der Waals surface area contributed by atoms with Crippen LogP contribution in [0.2, 0.25) is 0 Å². The van der Waals surface area contributed by atoms with Gasteiger partial charge in [-0.25, -0.2) is 0 Å². The summed E-state index contributed by atoms with van der Waals surface area (Å²) in [5.41, 5.74) is 0.350. The third kappa shape index (κ3) is 2.21. The van der Waals surface area contributed by atoms with Crippen LogP contribution < -0.4 is 5.32 Å². The van der Waals surface area contributed by atoms with Gasteiger partial charge in [0, 0.05) is 11.3 Å². The molecule has 0 aromatic heterocycles. The quantitative estimate of drug-likeness (QED) is 0.733. The maximum atomic E-state index is 3.77. The van der Waals surface area contributed by atoms with Gasteiger partial charge in [0.15, 0.2) is 0 Å². The molecule has 1 atom stereocenters. The molecule has 0 radical (unpaired) electrons. The Balaban J connectivity index is 1.89. The van der Waals surface area contributed by atoms with E-state index in [-0.39, 0.29) is 0 Å². The molecule has 0 aromatic carbocycles. The second-order valence-electron chi connectivity index (χ2n) is 5.53. The average molecular weight is 199 g/mol. The fraction of sp³-hybridized carbons (Fsp3) is 1.00. The van der Waals surface area contributed by atoms with Crippen LogP contribution in [0, 0.1) is 5.92 Å². The molecule has 1 aliphatic carbocycles.